The first-order valence-corrected chi connectivity index (χ1v) is 8.23. The van der Waals surface area contributed by atoms with Crippen LogP contribution in [0.1, 0.15) is 64.7 Å². The van der Waals surface area contributed by atoms with Gasteiger partial charge in [0, 0.05) is 6.42 Å². The first-order valence-electron chi connectivity index (χ1n) is 8.23. The van der Waals surface area contributed by atoms with Crippen molar-refractivity contribution in [3.8, 4) is 0 Å². The lowest BCUT2D eigenvalue weighted by Gasteiger charge is -2.44. The number of ketones is 1. The topological polar surface area (TPSA) is 55.8 Å². The molecule has 20 heavy (non-hydrogen) atoms. The van der Waals surface area contributed by atoms with Crippen LogP contribution in [0.25, 0.3) is 0 Å². The summed E-state index contributed by atoms with van der Waals surface area (Å²) in [5, 5.41) is 10.3. The molecule has 0 radical (unpaired) electrons. The van der Waals surface area contributed by atoms with Gasteiger partial charge in [0.05, 0.1) is 18.1 Å². The van der Waals surface area contributed by atoms with E-state index in [0.717, 1.165) is 25.7 Å². The zero-order chi connectivity index (χ0) is 14.2. The maximum Gasteiger partial charge on any atom is 0.205 e. The Hall–Kier alpha value is -0.450. The third-order valence-corrected chi connectivity index (χ3v) is 5.17. The van der Waals surface area contributed by atoms with E-state index in [1.807, 2.05) is 0 Å². The van der Waals surface area contributed by atoms with Crippen LogP contribution in [0.3, 0.4) is 0 Å². The van der Waals surface area contributed by atoms with Crippen molar-refractivity contribution in [2.24, 2.45) is 5.92 Å². The molecule has 5 atom stereocenters. The van der Waals surface area contributed by atoms with Crippen molar-refractivity contribution in [3.05, 3.63) is 0 Å². The summed E-state index contributed by atoms with van der Waals surface area (Å²) in [6.07, 6.45) is 7.98. The van der Waals surface area contributed by atoms with Gasteiger partial charge in [0.2, 0.25) is 5.79 Å². The molecule has 2 saturated heterocycles. The van der Waals surface area contributed by atoms with Gasteiger partial charge >= 0.3 is 0 Å². The van der Waals surface area contributed by atoms with Gasteiger partial charge < -0.3 is 14.6 Å². The van der Waals surface area contributed by atoms with Crippen molar-refractivity contribution < 1.29 is 19.4 Å². The number of ether oxygens (including phenoxy) is 2. The van der Waals surface area contributed by atoms with Crippen LogP contribution in [0, 0.1) is 5.92 Å². The number of fused-ring (bicyclic) bond motifs is 1. The highest BCUT2D eigenvalue weighted by Gasteiger charge is 2.62. The summed E-state index contributed by atoms with van der Waals surface area (Å²) < 4.78 is 12.2. The fourth-order valence-corrected chi connectivity index (χ4v) is 4.04. The van der Waals surface area contributed by atoms with Crippen LogP contribution >= 0.6 is 0 Å². The third kappa shape index (κ3) is 2.32. The van der Waals surface area contributed by atoms with E-state index in [4.69, 9.17) is 9.47 Å². The summed E-state index contributed by atoms with van der Waals surface area (Å²) in [7, 11) is 0. The van der Waals surface area contributed by atoms with Crippen molar-refractivity contribution in [1.82, 2.24) is 0 Å². The van der Waals surface area contributed by atoms with Crippen LogP contribution in [0.15, 0.2) is 0 Å². The van der Waals surface area contributed by atoms with Crippen LogP contribution in [0.4, 0.5) is 0 Å². The molecule has 2 bridgehead atoms. The van der Waals surface area contributed by atoms with Gasteiger partial charge in [-0.15, -0.1) is 0 Å². The number of carbonyl (C=O) groups excluding carboxylic acids is 1. The number of aliphatic hydroxyl groups is 1. The van der Waals surface area contributed by atoms with E-state index in [2.05, 4.69) is 6.92 Å². The van der Waals surface area contributed by atoms with Crippen LogP contribution < -0.4 is 0 Å². The molecule has 5 unspecified atom stereocenters. The Kier molecular flexibility index (Phi) is 4.16. The van der Waals surface area contributed by atoms with Crippen molar-refractivity contribution in [3.63, 3.8) is 0 Å². The lowest BCUT2D eigenvalue weighted by atomic mass is 9.76. The number of carbonyl (C=O) groups is 1. The van der Waals surface area contributed by atoms with Crippen molar-refractivity contribution in [2.75, 3.05) is 0 Å². The second-order valence-corrected chi connectivity index (χ2v) is 6.53. The quantitative estimate of drug-likeness (QED) is 0.787. The molecule has 0 amide bonds. The van der Waals surface area contributed by atoms with Gasteiger partial charge in [-0.3, -0.25) is 4.79 Å². The van der Waals surface area contributed by atoms with E-state index in [9.17, 15) is 9.90 Å². The average molecular weight is 282 g/mol. The van der Waals surface area contributed by atoms with Gasteiger partial charge in [-0.25, -0.2) is 0 Å². The molecule has 0 aromatic carbocycles. The van der Waals surface area contributed by atoms with Gasteiger partial charge in [0.15, 0.2) is 0 Å². The van der Waals surface area contributed by atoms with E-state index in [1.165, 1.54) is 19.3 Å². The molecule has 0 aromatic heterocycles. The van der Waals surface area contributed by atoms with Crippen molar-refractivity contribution in [2.45, 2.75) is 88.8 Å². The SMILES string of the molecule is CCCCCCC1OC23OC1CCC2C(=O)CCC3O. The standard InChI is InChI=1S/C16H26O4/c1-2-3-4-5-6-13-14-9-7-11-12(17)8-10-15(18)16(11,19-13)20-14/h11,13-15,18H,2-10H2,1H3. The Bertz CT molecular complexity index is 369. The van der Waals surface area contributed by atoms with Crippen LogP contribution in [0.2, 0.25) is 0 Å². The van der Waals surface area contributed by atoms with E-state index in [0.29, 0.717) is 12.8 Å². The minimum atomic E-state index is -1.01. The molecule has 4 nitrogen and oxygen atoms in total. The minimum absolute atomic E-state index is 0.0670. The molecule has 3 aliphatic rings. The molecular weight excluding hydrogens is 256 g/mol. The first-order chi connectivity index (χ1) is 9.67. The average Bonchev–Trinajstić information content (AvgIpc) is 2.73. The molecule has 3 rings (SSSR count). The maximum absolute atomic E-state index is 12.1. The van der Waals surface area contributed by atoms with Crippen LogP contribution in [-0.4, -0.2) is 35.0 Å². The number of Topliss-reactive ketones (excluding diaryl/α,β-unsaturated/α-hetero) is 1. The maximum atomic E-state index is 12.1. The number of rotatable bonds is 5. The lowest BCUT2D eigenvalue weighted by molar-refractivity contribution is -0.279. The molecule has 0 aromatic rings. The molecule has 2 heterocycles. The summed E-state index contributed by atoms with van der Waals surface area (Å²) in [6, 6.07) is 0. The Balaban J connectivity index is 1.66. The second-order valence-electron chi connectivity index (χ2n) is 6.53. The molecule has 1 spiro atoms. The van der Waals surface area contributed by atoms with Gasteiger partial charge in [-0.1, -0.05) is 32.6 Å². The summed E-state index contributed by atoms with van der Waals surface area (Å²) in [5.74, 6) is -1.04. The molecule has 1 N–H and O–H groups in total. The van der Waals surface area contributed by atoms with Crippen LogP contribution in [-0.2, 0) is 14.3 Å². The number of hydrogen-bond acceptors (Lipinski definition) is 4. The molecule has 114 valence electrons. The van der Waals surface area contributed by atoms with E-state index in [-0.39, 0.29) is 23.9 Å². The number of hydrogen-bond donors (Lipinski definition) is 1. The highest BCUT2D eigenvalue weighted by Crippen LogP contribution is 2.50. The predicted octanol–water partition coefficient (Wildman–Crippen LogP) is 2.57. The summed E-state index contributed by atoms with van der Waals surface area (Å²) in [6.45, 7) is 2.20. The van der Waals surface area contributed by atoms with Gasteiger partial charge in [-0.2, -0.15) is 0 Å². The minimum Gasteiger partial charge on any atom is -0.387 e. The van der Waals surface area contributed by atoms with Gasteiger partial charge in [0.1, 0.15) is 11.9 Å². The Morgan fingerprint density at radius 3 is 2.85 bits per heavy atom. The fraction of sp³-hybridized carbons (Fsp3) is 0.938. The molecule has 3 fully saturated rings. The number of unbranched alkanes of at least 4 members (excludes halogenated alkanes) is 3. The summed E-state index contributed by atoms with van der Waals surface area (Å²) in [5.41, 5.74) is 0. The Labute approximate surface area is 120 Å². The van der Waals surface area contributed by atoms with Gasteiger partial charge in [-0.05, 0) is 25.7 Å². The molecular formula is C16H26O4. The molecule has 4 heteroatoms. The largest absolute Gasteiger partial charge is 0.387 e. The Morgan fingerprint density at radius 1 is 1.20 bits per heavy atom. The monoisotopic (exact) mass is 282 g/mol. The first kappa shape index (κ1) is 14.5. The summed E-state index contributed by atoms with van der Waals surface area (Å²) >= 11 is 0. The molecule has 1 saturated carbocycles. The van der Waals surface area contributed by atoms with Gasteiger partial charge in [0.25, 0.3) is 0 Å². The predicted molar refractivity (Wildman–Crippen MR) is 74.2 cm³/mol. The van der Waals surface area contributed by atoms with Crippen molar-refractivity contribution in [1.29, 1.82) is 0 Å². The third-order valence-electron chi connectivity index (χ3n) is 5.17. The highest BCUT2D eigenvalue weighted by atomic mass is 16.8. The Morgan fingerprint density at radius 2 is 2.05 bits per heavy atom. The summed E-state index contributed by atoms with van der Waals surface area (Å²) in [4.78, 5) is 12.1. The van der Waals surface area contributed by atoms with E-state index in [1.54, 1.807) is 0 Å². The lowest BCUT2D eigenvalue weighted by Crippen LogP contribution is -2.57. The van der Waals surface area contributed by atoms with E-state index >= 15 is 0 Å². The molecule has 1 aliphatic carbocycles. The van der Waals surface area contributed by atoms with Crippen LogP contribution in [0.5, 0.6) is 0 Å². The fourth-order valence-electron chi connectivity index (χ4n) is 4.04. The smallest absolute Gasteiger partial charge is 0.205 e. The second kappa shape index (κ2) is 5.74. The molecule has 2 aliphatic heterocycles. The number of aliphatic hydroxyl groups excluding tert-OH is 1. The highest BCUT2D eigenvalue weighted by molar-refractivity contribution is 5.83. The zero-order valence-corrected chi connectivity index (χ0v) is 12.3. The zero-order valence-electron chi connectivity index (χ0n) is 12.3. The van der Waals surface area contributed by atoms with E-state index < -0.39 is 11.9 Å². The normalized spacial score (nSPS) is 43.6. The van der Waals surface area contributed by atoms with Crippen molar-refractivity contribution >= 4 is 5.78 Å².